The molecule has 0 radical (unpaired) electrons. The summed E-state index contributed by atoms with van der Waals surface area (Å²) in [5.74, 6) is -0.360. The molecule has 1 fully saturated rings. The number of amides is 3. The molecule has 2 N–H and O–H groups in total. The lowest BCUT2D eigenvalue weighted by atomic mass is 10.1. The molecule has 1 aromatic carbocycles. The standard InChI is InChI=1S/C20H21N5O5/c26-9-12-5-6-15(30-12)25-11-21-16-17(25)22-10-23(20(16)29)7-8-24-18(27)13-3-1-2-4-14(13)19(24)28/h1-4,11-12,15,22,26H,5-10H2/t12-,15+/m0/s1. The van der Waals surface area contributed by atoms with E-state index in [0.717, 1.165) is 12.8 Å². The predicted octanol–water partition coefficient (Wildman–Crippen LogP) is 0.674. The molecule has 0 saturated carbocycles. The second-order valence-electron chi connectivity index (χ2n) is 7.53. The SMILES string of the molecule is O=C1c2ncn([C@H]3CC[C@@H](CO)O3)c2NCN1CCN1C(=O)c2ccccc2C1=O. The van der Waals surface area contributed by atoms with Crippen molar-refractivity contribution in [3.8, 4) is 0 Å². The number of carbonyl (C=O) groups excluding carboxylic acids is 3. The van der Waals surface area contributed by atoms with E-state index in [1.54, 1.807) is 35.2 Å². The van der Waals surface area contributed by atoms with Crippen LogP contribution in [-0.2, 0) is 4.74 Å². The summed E-state index contributed by atoms with van der Waals surface area (Å²) in [6.07, 6.45) is 2.56. The number of carbonyl (C=O) groups is 3. The molecule has 3 amide bonds. The second kappa shape index (κ2) is 7.22. The van der Waals surface area contributed by atoms with E-state index < -0.39 is 0 Å². The Labute approximate surface area is 172 Å². The molecular weight excluding hydrogens is 390 g/mol. The number of nitrogens with zero attached hydrogens (tertiary/aromatic N) is 4. The molecular formula is C20H21N5O5. The third-order valence-electron chi connectivity index (χ3n) is 5.79. The molecule has 1 saturated heterocycles. The van der Waals surface area contributed by atoms with Crippen LogP contribution in [0.15, 0.2) is 30.6 Å². The summed E-state index contributed by atoms with van der Waals surface area (Å²) >= 11 is 0. The van der Waals surface area contributed by atoms with Crippen LogP contribution < -0.4 is 5.32 Å². The molecule has 3 aliphatic heterocycles. The zero-order chi connectivity index (χ0) is 20.8. The maximum atomic E-state index is 12.9. The highest BCUT2D eigenvalue weighted by Crippen LogP contribution is 2.33. The summed E-state index contributed by atoms with van der Waals surface area (Å²) in [6.45, 7) is 0.512. The summed E-state index contributed by atoms with van der Waals surface area (Å²) in [5, 5.41) is 12.5. The first-order valence-electron chi connectivity index (χ1n) is 9.90. The van der Waals surface area contributed by atoms with Gasteiger partial charge in [-0.1, -0.05) is 12.1 Å². The number of imide groups is 1. The van der Waals surface area contributed by atoms with Gasteiger partial charge in [0.15, 0.2) is 5.69 Å². The van der Waals surface area contributed by atoms with Crippen molar-refractivity contribution in [2.45, 2.75) is 25.2 Å². The number of hydrogen-bond donors (Lipinski definition) is 2. The number of aromatic nitrogens is 2. The molecule has 4 heterocycles. The Bertz CT molecular complexity index is 999. The molecule has 1 aromatic heterocycles. The summed E-state index contributed by atoms with van der Waals surface area (Å²) < 4.78 is 7.56. The lowest BCUT2D eigenvalue weighted by molar-refractivity contribution is -0.0216. The Balaban J connectivity index is 1.27. The number of imidazole rings is 1. The van der Waals surface area contributed by atoms with Crippen molar-refractivity contribution in [3.05, 3.63) is 47.4 Å². The minimum atomic E-state index is -0.338. The molecule has 0 spiro atoms. The minimum Gasteiger partial charge on any atom is -0.394 e. The fourth-order valence-corrected chi connectivity index (χ4v) is 4.17. The molecule has 3 aliphatic rings. The Kier molecular flexibility index (Phi) is 4.52. The minimum absolute atomic E-state index is 0.0364. The number of fused-ring (bicyclic) bond motifs is 2. The normalized spacial score (nSPS) is 23.0. The smallest absolute Gasteiger partial charge is 0.277 e. The van der Waals surface area contributed by atoms with Crippen LogP contribution in [0.3, 0.4) is 0 Å². The van der Waals surface area contributed by atoms with Crippen molar-refractivity contribution in [3.63, 3.8) is 0 Å². The Morgan fingerprint density at radius 2 is 1.80 bits per heavy atom. The van der Waals surface area contributed by atoms with Gasteiger partial charge in [-0.3, -0.25) is 23.9 Å². The highest BCUT2D eigenvalue weighted by molar-refractivity contribution is 6.21. The first-order chi connectivity index (χ1) is 14.6. The van der Waals surface area contributed by atoms with Crippen LogP contribution in [0.5, 0.6) is 0 Å². The zero-order valence-corrected chi connectivity index (χ0v) is 16.2. The lowest BCUT2D eigenvalue weighted by Crippen LogP contribution is -2.45. The fourth-order valence-electron chi connectivity index (χ4n) is 4.17. The first kappa shape index (κ1) is 18.8. The summed E-state index contributed by atoms with van der Waals surface area (Å²) in [5.41, 5.74) is 1.06. The molecule has 2 aromatic rings. The average Bonchev–Trinajstić information content (AvgIpc) is 3.46. The molecule has 10 heteroatoms. The summed E-state index contributed by atoms with van der Waals surface area (Å²) in [7, 11) is 0. The quantitative estimate of drug-likeness (QED) is 0.695. The van der Waals surface area contributed by atoms with E-state index in [2.05, 4.69) is 10.3 Å². The number of aliphatic hydroxyl groups excluding tert-OH is 1. The van der Waals surface area contributed by atoms with Gasteiger partial charge in [-0.25, -0.2) is 4.98 Å². The number of benzene rings is 1. The second-order valence-corrected chi connectivity index (χ2v) is 7.53. The van der Waals surface area contributed by atoms with E-state index in [1.165, 1.54) is 9.80 Å². The van der Waals surface area contributed by atoms with Gasteiger partial charge in [0.2, 0.25) is 0 Å². The van der Waals surface area contributed by atoms with Crippen LogP contribution in [0.2, 0.25) is 0 Å². The highest BCUT2D eigenvalue weighted by Gasteiger charge is 2.37. The summed E-state index contributed by atoms with van der Waals surface area (Å²) in [4.78, 5) is 44.8. The van der Waals surface area contributed by atoms with Crippen LogP contribution >= 0.6 is 0 Å². The van der Waals surface area contributed by atoms with Crippen molar-refractivity contribution in [1.82, 2.24) is 19.4 Å². The molecule has 2 atom stereocenters. The number of ether oxygens (including phenoxy) is 1. The molecule has 10 nitrogen and oxygen atoms in total. The van der Waals surface area contributed by atoms with Gasteiger partial charge in [0.05, 0.1) is 36.8 Å². The molecule has 5 rings (SSSR count). The van der Waals surface area contributed by atoms with Gasteiger partial charge in [0.1, 0.15) is 12.0 Å². The number of hydrogen-bond acceptors (Lipinski definition) is 7. The topological polar surface area (TPSA) is 117 Å². The van der Waals surface area contributed by atoms with E-state index in [0.29, 0.717) is 16.9 Å². The molecule has 30 heavy (non-hydrogen) atoms. The van der Waals surface area contributed by atoms with Gasteiger partial charge < -0.3 is 20.1 Å². The molecule has 0 aliphatic carbocycles. The van der Waals surface area contributed by atoms with Crippen molar-refractivity contribution in [2.24, 2.45) is 0 Å². The Morgan fingerprint density at radius 3 is 2.47 bits per heavy atom. The molecule has 0 unspecified atom stereocenters. The van der Waals surface area contributed by atoms with Gasteiger partial charge >= 0.3 is 0 Å². The first-order valence-corrected chi connectivity index (χ1v) is 9.90. The highest BCUT2D eigenvalue weighted by atomic mass is 16.5. The number of anilines is 1. The third kappa shape index (κ3) is 2.87. The predicted molar refractivity (Wildman–Crippen MR) is 104 cm³/mol. The van der Waals surface area contributed by atoms with Gasteiger partial charge in [0, 0.05) is 13.1 Å². The van der Waals surface area contributed by atoms with E-state index >= 15 is 0 Å². The van der Waals surface area contributed by atoms with Gasteiger partial charge in [0.25, 0.3) is 17.7 Å². The van der Waals surface area contributed by atoms with Gasteiger partial charge in [-0.15, -0.1) is 0 Å². The van der Waals surface area contributed by atoms with Crippen LogP contribution in [0, 0.1) is 0 Å². The number of rotatable bonds is 5. The van der Waals surface area contributed by atoms with Crippen molar-refractivity contribution < 1.29 is 24.2 Å². The van der Waals surface area contributed by atoms with Crippen LogP contribution in [0.25, 0.3) is 0 Å². The van der Waals surface area contributed by atoms with Gasteiger partial charge in [-0.05, 0) is 25.0 Å². The van der Waals surface area contributed by atoms with E-state index in [9.17, 15) is 19.5 Å². The largest absolute Gasteiger partial charge is 0.394 e. The number of aliphatic hydroxyl groups is 1. The number of nitrogens with one attached hydrogen (secondary N) is 1. The van der Waals surface area contributed by atoms with Crippen LogP contribution in [0.1, 0.15) is 50.3 Å². The monoisotopic (exact) mass is 411 g/mol. The third-order valence-corrected chi connectivity index (χ3v) is 5.79. The average molecular weight is 411 g/mol. The maximum absolute atomic E-state index is 12.9. The Morgan fingerprint density at radius 1 is 1.07 bits per heavy atom. The van der Waals surface area contributed by atoms with Crippen molar-refractivity contribution in [1.29, 1.82) is 0 Å². The molecule has 156 valence electrons. The van der Waals surface area contributed by atoms with E-state index in [1.807, 2.05) is 0 Å². The summed E-state index contributed by atoms with van der Waals surface area (Å²) in [6, 6.07) is 6.71. The van der Waals surface area contributed by atoms with Crippen LogP contribution in [0.4, 0.5) is 5.82 Å². The van der Waals surface area contributed by atoms with Crippen molar-refractivity contribution in [2.75, 3.05) is 31.7 Å². The van der Waals surface area contributed by atoms with E-state index in [4.69, 9.17) is 4.74 Å². The zero-order valence-electron chi connectivity index (χ0n) is 16.2. The van der Waals surface area contributed by atoms with Gasteiger partial charge in [-0.2, -0.15) is 0 Å². The Hall–Kier alpha value is -3.24. The maximum Gasteiger partial charge on any atom is 0.277 e. The van der Waals surface area contributed by atoms with E-state index in [-0.39, 0.29) is 62.1 Å². The fraction of sp³-hybridized carbons (Fsp3) is 0.400. The lowest BCUT2D eigenvalue weighted by Gasteiger charge is -2.30. The van der Waals surface area contributed by atoms with Crippen molar-refractivity contribution >= 4 is 23.5 Å². The molecule has 0 bridgehead atoms. The van der Waals surface area contributed by atoms with Crippen LogP contribution in [-0.4, -0.2) is 74.6 Å².